The van der Waals surface area contributed by atoms with Crippen molar-refractivity contribution in [3.63, 3.8) is 0 Å². The minimum atomic E-state index is -3.85. The van der Waals surface area contributed by atoms with Gasteiger partial charge >= 0.3 is 5.97 Å². The molecule has 1 saturated carbocycles. The second-order valence-corrected chi connectivity index (χ2v) is 8.21. The van der Waals surface area contributed by atoms with Gasteiger partial charge in [-0.2, -0.15) is 4.31 Å². The van der Waals surface area contributed by atoms with Crippen LogP contribution in [0.5, 0.6) is 5.75 Å². The van der Waals surface area contributed by atoms with Crippen LogP contribution in [0.2, 0.25) is 0 Å². The van der Waals surface area contributed by atoms with Gasteiger partial charge in [0, 0.05) is 7.05 Å². The lowest BCUT2D eigenvalue weighted by atomic mass is 9.82. The second-order valence-electron chi connectivity index (χ2n) is 6.24. The van der Waals surface area contributed by atoms with Crippen molar-refractivity contribution >= 4 is 16.0 Å². The molecule has 26 heavy (non-hydrogen) atoms. The molecule has 0 unspecified atom stereocenters. The predicted octanol–water partition coefficient (Wildman–Crippen LogP) is 2.59. The number of carbonyl (C=O) groups is 1. The van der Waals surface area contributed by atoms with Crippen LogP contribution in [0.3, 0.4) is 0 Å². The van der Waals surface area contributed by atoms with Gasteiger partial charge in [-0.3, -0.25) is 4.79 Å². The molecule has 1 aliphatic rings. The van der Waals surface area contributed by atoms with E-state index in [-0.39, 0.29) is 11.5 Å². The first-order valence-electron chi connectivity index (χ1n) is 8.58. The fourth-order valence-electron chi connectivity index (χ4n) is 3.26. The highest BCUT2D eigenvalue weighted by Gasteiger charge is 2.49. The summed E-state index contributed by atoms with van der Waals surface area (Å²) in [7, 11) is -1.09. The van der Waals surface area contributed by atoms with Crippen molar-refractivity contribution in [2.75, 3.05) is 20.8 Å². The number of likely N-dealkylation sites (N-methyl/N-ethyl adjacent to an activating group) is 1. The number of ether oxygens (including phenoxy) is 2. The molecule has 0 aliphatic heterocycles. The van der Waals surface area contributed by atoms with Crippen molar-refractivity contribution in [3.05, 3.63) is 24.3 Å². The summed E-state index contributed by atoms with van der Waals surface area (Å²) in [5.74, 6) is 5.54. The van der Waals surface area contributed by atoms with Crippen molar-refractivity contribution in [3.8, 4) is 17.6 Å². The molecule has 1 aromatic carbocycles. The van der Waals surface area contributed by atoms with Crippen LogP contribution >= 0.6 is 0 Å². The summed E-state index contributed by atoms with van der Waals surface area (Å²) in [6, 6.07) is 6.14. The fraction of sp³-hybridized carbons (Fsp3) is 0.526. The number of benzene rings is 1. The summed E-state index contributed by atoms with van der Waals surface area (Å²) in [6.45, 7) is 1.96. The summed E-state index contributed by atoms with van der Waals surface area (Å²) >= 11 is 0. The van der Waals surface area contributed by atoms with E-state index in [0.29, 0.717) is 18.6 Å². The first-order chi connectivity index (χ1) is 12.4. The minimum absolute atomic E-state index is 0.114. The molecule has 0 bridgehead atoms. The van der Waals surface area contributed by atoms with E-state index in [1.165, 1.54) is 30.6 Å². The van der Waals surface area contributed by atoms with E-state index in [9.17, 15) is 13.2 Å². The Hall–Kier alpha value is -2.04. The standard InChI is InChI=1S/C19H25NO5S/c1-4-5-15-25-16-9-11-17(12-10-16)26(22,23)20(2)19(18(21)24-3)13-7-6-8-14-19/h9-12H,6-8,13-15H2,1-3H3. The zero-order valence-corrected chi connectivity index (χ0v) is 16.3. The smallest absolute Gasteiger partial charge is 0.327 e. The fourth-order valence-corrected chi connectivity index (χ4v) is 4.78. The zero-order chi connectivity index (χ0) is 19.2. The van der Waals surface area contributed by atoms with Gasteiger partial charge < -0.3 is 9.47 Å². The summed E-state index contributed by atoms with van der Waals surface area (Å²) in [5, 5.41) is 0. The van der Waals surface area contributed by atoms with Crippen molar-refractivity contribution in [2.45, 2.75) is 49.5 Å². The van der Waals surface area contributed by atoms with E-state index < -0.39 is 21.5 Å². The van der Waals surface area contributed by atoms with Crippen molar-refractivity contribution < 1.29 is 22.7 Å². The lowest BCUT2D eigenvalue weighted by Gasteiger charge is -2.40. The van der Waals surface area contributed by atoms with Gasteiger partial charge in [0.15, 0.2) is 0 Å². The van der Waals surface area contributed by atoms with E-state index in [0.717, 1.165) is 19.3 Å². The largest absolute Gasteiger partial charge is 0.481 e. The molecule has 0 amide bonds. The predicted molar refractivity (Wildman–Crippen MR) is 98.2 cm³/mol. The van der Waals surface area contributed by atoms with E-state index in [1.807, 2.05) is 0 Å². The van der Waals surface area contributed by atoms with Gasteiger partial charge in [-0.15, -0.1) is 5.92 Å². The van der Waals surface area contributed by atoms with Crippen LogP contribution in [0.15, 0.2) is 29.2 Å². The lowest BCUT2D eigenvalue weighted by Crippen LogP contribution is -2.56. The van der Waals surface area contributed by atoms with Gasteiger partial charge in [0.1, 0.15) is 17.9 Å². The average Bonchev–Trinajstić information content (AvgIpc) is 2.67. The molecule has 0 atom stereocenters. The zero-order valence-electron chi connectivity index (χ0n) is 15.4. The van der Waals surface area contributed by atoms with Crippen LogP contribution in [0.25, 0.3) is 0 Å². The maximum Gasteiger partial charge on any atom is 0.327 e. The topological polar surface area (TPSA) is 72.9 Å². The molecule has 0 spiro atoms. The van der Waals surface area contributed by atoms with Crippen molar-refractivity contribution in [1.29, 1.82) is 0 Å². The number of esters is 1. The molecule has 1 fully saturated rings. The van der Waals surface area contributed by atoms with E-state index in [1.54, 1.807) is 19.1 Å². The molecule has 0 aromatic heterocycles. The van der Waals surface area contributed by atoms with Gasteiger partial charge in [-0.1, -0.05) is 25.2 Å². The number of methoxy groups -OCH3 is 1. The SMILES string of the molecule is CC#CCOc1ccc(S(=O)(=O)N(C)C2(C(=O)OC)CCCCC2)cc1. The average molecular weight is 379 g/mol. The molecule has 6 nitrogen and oxygen atoms in total. The minimum Gasteiger partial charge on any atom is -0.481 e. The monoisotopic (exact) mass is 379 g/mol. The molecule has 1 aromatic rings. The number of nitrogens with zero attached hydrogens (tertiary/aromatic N) is 1. The van der Waals surface area contributed by atoms with Gasteiger partial charge in [0.25, 0.3) is 0 Å². The van der Waals surface area contributed by atoms with E-state index in [2.05, 4.69) is 11.8 Å². The Kier molecular flexibility index (Phi) is 6.68. The third-order valence-electron chi connectivity index (χ3n) is 4.82. The lowest BCUT2D eigenvalue weighted by molar-refractivity contribution is -0.153. The Morgan fingerprint density at radius 2 is 1.81 bits per heavy atom. The number of rotatable bonds is 6. The summed E-state index contributed by atoms with van der Waals surface area (Å²) in [6.07, 6.45) is 3.50. The first kappa shape index (κ1) is 20.3. The van der Waals surface area contributed by atoms with E-state index >= 15 is 0 Å². The molecule has 7 heteroatoms. The molecule has 2 rings (SSSR count). The molecular formula is C19H25NO5S. The molecule has 1 aliphatic carbocycles. The van der Waals surface area contributed by atoms with Gasteiger partial charge in [-0.05, 0) is 44.0 Å². The van der Waals surface area contributed by atoms with Crippen LogP contribution in [0.4, 0.5) is 0 Å². The number of carbonyl (C=O) groups excluding carboxylic acids is 1. The highest BCUT2D eigenvalue weighted by molar-refractivity contribution is 7.89. The third-order valence-corrected chi connectivity index (χ3v) is 6.76. The Morgan fingerprint density at radius 1 is 1.19 bits per heavy atom. The summed E-state index contributed by atoms with van der Waals surface area (Å²) in [4.78, 5) is 12.6. The van der Waals surface area contributed by atoms with E-state index in [4.69, 9.17) is 9.47 Å². The second kappa shape index (κ2) is 8.56. The number of sulfonamides is 1. The molecule has 0 saturated heterocycles. The van der Waals surface area contributed by atoms with Crippen LogP contribution in [0, 0.1) is 11.8 Å². The Labute approximate surface area is 155 Å². The van der Waals surface area contributed by atoms with Crippen molar-refractivity contribution in [2.24, 2.45) is 0 Å². The van der Waals surface area contributed by atoms with Crippen molar-refractivity contribution in [1.82, 2.24) is 4.31 Å². The molecular weight excluding hydrogens is 354 g/mol. The quantitative estimate of drug-likeness (QED) is 0.561. The van der Waals surface area contributed by atoms with Crippen LogP contribution in [-0.4, -0.2) is 45.0 Å². The molecule has 0 radical (unpaired) electrons. The normalized spacial score (nSPS) is 16.5. The van der Waals surface area contributed by atoms with Crippen LogP contribution in [-0.2, 0) is 19.6 Å². The third kappa shape index (κ3) is 4.02. The molecule has 0 N–H and O–H groups in total. The summed E-state index contributed by atoms with van der Waals surface area (Å²) < 4.78 is 37.7. The van der Waals surface area contributed by atoms with Crippen LogP contribution in [0.1, 0.15) is 39.0 Å². The van der Waals surface area contributed by atoms with Crippen LogP contribution < -0.4 is 4.74 Å². The maximum atomic E-state index is 13.1. The highest BCUT2D eigenvalue weighted by atomic mass is 32.2. The number of hydrogen-bond donors (Lipinski definition) is 0. The summed E-state index contributed by atoms with van der Waals surface area (Å²) in [5.41, 5.74) is -1.14. The Morgan fingerprint density at radius 3 is 2.35 bits per heavy atom. The van der Waals surface area contributed by atoms with Gasteiger partial charge in [0.2, 0.25) is 10.0 Å². The first-order valence-corrected chi connectivity index (χ1v) is 10.0. The molecule has 142 valence electrons. The maximum absolute atomic E-state index is 13.1. The number of hydrogen-bond acceptors (Lipinski definition) is 5. The Balaban J connectivity index is 2.29. The van der Waals surface area contributed by atoms with Gasteiger partial charge in [-0.25, -0.2) is 8.42 Å². The molecule has 0 heterocycles. The Bertz CT molecular complexity index is 783. The highest BCUT2D eigenvalue weighted by Crippen LogP contribution is 2.37. The van der Waals surface area contributed by atoms with Gasteiger partial charge in [0.05, 0.1) is 12.0 Å².